The Morgan fingerprint density at radius 1 is 1.12 bits per heavy atom. The van der Waals surface area contributed by atoms with E-state index >= 15 is 0 Å². The Bertz CT molecular complexity index is 1020. The van der Waals surface area contributed by atoms with Gasteiger partial charge < -0.3 is 14.3 Å². The molecule has 0 radical (unpaired) electrons. The lowest BCUT2D eigenvalue weighted by Gasteiger charge is -2.25. The highest BCUT2D eigenvalue weighted by molar-refractivity contribution is 6.00. The maximum Gasteiger partial charge on any atom is 0.410 e. The molecule has 1 fully saturated rings. The van der Waals surface area contributed by atoms with Gasteiger partial charge in [-0.2, -0.15) is 0 Å². The monoisotopic (exact) mass is 455 g/mol. The summed E-state index contributed by atoms with van der Waals surface area (Å²) in [6, 6.07) is 11.9. The minimum absolute atomic E-state index is 0.0141. The van der Waals surface area contributed by atoms with Crippen LogP contribution in [0, 0.1) is 24.6 Å². The van der Waals surface area contributed by atoms with Crippen LogP contribution in [0.5, 0.6) is 0 Å². The minimum atomic E-state index is -1.14. The van der Waals surface area contributed by atoms with Gasteiger partial charge >= 0.3 is 12.1 Å². The molecule has 0 saturated carbocycles. The molecule has 3 rings (SSSR count). The predicted molar refractivity (Wildman–Crippen MR) is 117 cm³/mol. The summed E-state index contributed by atoms with van der Waals surface area (Å²) in [5.74, 6) is -3.16. The first kappa shape index (κ1) is 24.1. The number of amides is 1. The van der Waals surface area contributed by atoms with E-state index in [2.05, 4.69) is 0 Å². The van der Waals surface area contributed by atoms with Crippen molar-refractivity contribution >= 4 is 24.1 Å². The van der Waals surface area contributed by atoms with Crippen LogP contribution in [0.15, 0.2) is 48.5 Å². The number of hydrogen-bond acceptors (Lipinski definition) is 6. The highest BCUT2D eigenvalue weighted by Gasteiger charge is 2.51. The lowest BCUT2D eigenvalue weighted by Crippen LogP contribution is -2.44. The first-order valence-corrected chi connectivity index (χ1v) is 10.7. The van der Waals surface area contributed by atoms with Crippen LogP contribution in [0.1, 0.15) is 34.8 Å². The molecule has 33 heavy (non-hydrogen) atoms. The number of aryl methyl sites for hydroxylation is 1. The Kier molecular flexibility index (Phi) is 7.92. The van der Waals surface area contributed by atoms with Crippen molar-refractivity contribution in [3.8, 4) is 0 Å². The number of ketones is 1. The Balaban J connectivity index is 1.89. The van der Waals surface area contributed by atoms with E-state index in [9.17, 15) is 23.6 Å². The zero-order valence-corrected chi connectivity index (χ0v) is 18.5. The Labute approximate surface area is 191 Å². The molecule has 8 heteroatoms. The predicted octanol–water partition coefficient (Wildman–Crippen LogP) is 3.72. The van der Waals surface area contributed by atoms with E-state index in [0.717, 1.165) is 10.5 Å². The van der Waals surface area contributed by atoms with E-state index < -0.39 is 35.8 Å². The molecular formula is C25H26FNO6. The van der Waals surface area contributed by atoms with Crippen molar-refractivity contribution in [3.05, 3.63) is 71.0 Å². The molecule has 174 valence electrons. The molecule has 1 amide bonds. The standard InChI is InChI=1S/C25H26FNO6/c1-3-32-24(30)22-19(11-12-28)20(23(29)18-9-10-21(26)16(2)13-18)14-27(22)25(31)33-15-17-7-5-4-6-8-17/h4-10,12-13,19-20,22H,3,11,14-15H2,1-2H3/t19-,20-,22-/m0/s1. The summed E-state index contributed by atoms with van der Waals surface area (Å²) in [5.41, 5.74) is 1.31. The van der Waals surface area contributed by atoms with Crippen molar-refractivity contribution in [2.75, 3.05) is 13.2 Å². The van der Waals surface area contributed by atoms with Gasteiger partial charge in [0.15, 0.2) is 5.78 Å². The molecule has 0 N–H and O–H groups in total. The summed E-state index contributed by atoms with van der Waals surface area (Å²) >= 11 is 0. The number of Topliss-reactive ketones (excluding diaryl/α,β-unsaturated/α-hetero) is 1. The number of nitrogens with zero attached hydrogens (tertiary/aromatic N) is 1. The van der Waals surface area contributed by atoms with Crippen LogP contribution in [0.4, 0.5) is 9.18 Å². The van der Waals surface area contributed by atoms with E-state index in [1.807, 2.05) is 6.07 Å². The normalized spacial score (nSPS) is 19.7. The number of rotatable bonds is 8. The van der Waals surface area contributed by atoms with Crippen molar-refractivity contribution in [1.29, 1.82) is 0 Å². The van der Waals surface area contributed by atoms with E-state index in [1.165, 1.54) is 18.2 Å². The molecule has 0 unspecified atom stereocenters. The van der Waals surface area contributed by atoms with Crippen molar-refractivity contribution in [1.82, 2.24) is 4.90 Å². The fraction of sp³-hybridized carbons (Fsp3) is 0.360. The quantitative estimate of drug-likeness (QED) is 0.342. The van der Waals surface area contributed by atoms with Gasteiger partial charge in [-0.1, -0.05) is 30.3 Å². The van der Waals surface area contributed by atoms with Gasteiger partial charge in [-0.3, -0.25) is 9.69 Å². The molecule has 2 aromatic carbocycles. The van der Waals surface area contributed by atoms with Crippen LogP contribution in [-0.4, -0.2) is 48.2 Å². The molecule has 1 aliphatic heterocycles. The second kappa shape index (κ2) is 10.8. The van der Waals surface area contributed by atoms with E-state index in [0.29, 0.717) is 11.8 Å². The summed E-state index contributed by atoms with van der Waals surface area (Å²) in [5, 5.41) is 0. The number of ether oxygens (including phenoxy) is 2. The minimum Gasteiger partial charge on any atom is -0.464 e. The molecular weight excluding hydrogens is 429 g/mol. The lowest BCUT2D eigenvalue weighted by atomic mass is 9.83. The van der Waals surface area contributed by atoms with Crippen molar-refractivity contribution in [3.63, 3.8) is 0 Å². The highest BCUT2D eigenvalue weighted by Crippen LogP contribution is 2.36. The number of hydrogen-bond donors (Lipinski definition) is 0. The molecule has 2 aromatic rings. The van der Waals surface area contributed by atoms with Crippen LogP contribution in [0.2, 0.25) is 0 Å². The summed E-state index contributed by atoms with van der Waals surface area (Å²) in [7, 11) is 0. The van der Waals surface area contributed by atoms with Crippen LogP contribution < -0.4 is 0 Å². The molecule has 0 aromatic heterocycles. The van der Waals surface area contributed by atoms with E-state index in [1.54, 1.807) is 38.1 Å². The zero-order valence-electron chi connectivity index (χ0n) is 18.5. The summed E-state index contributed by atoms with van der Waals surface area (Å²) in [6.07, 6.45) is -0.285. The number of benzene rings is 2. The first-order chi connectivity index (χ1) is 15.9. The van der Waals surface area contributed by atoms with Gasteiger partial charge in [-0.05, 0) is 43.2 Å². The maximum absolute atomic E-state index is 13.7. The molecule has 0 spiro atoms. The Morgan fingerprint density at radius 2 is 1.85 bits per heavy atom. The first-order valence-electron chi connectivity index (χ1n) is 10.7. The molecule has 0 aliphatic carbocycles. The molecule has 1 aliphatic rings. The smallest absolute Gasteiger partial charge is 0.410 e. The third-order valence-electron chi connectivity index (χ3n) is 5.77. The largest absolute Gasteiger partial charge is 0.464 e. The van der Waals surface area contributed by atoms with E-state index in [-0.39, 0.29) is 37.5 Å². The topological polar surface area (TPSA) is 90.0 Å². The molecule has 7 nitrogen and oxygen atoms in total. The third kappa shape index (κ3) is 5.45. The van der Waals surface area contributed by atoms with Gasteiger partial charge in [0.25, 0.3) is 0 Å². The second-order valence-electron chi connectivity index (χ2n) is 7.89. The number of carbonyl (C=O) groups is 4. The summed E-state index contributed by atoms with van der Waals surface area (Å²) in [4.78, 5) is 51.6. The molecule has 1 heterocycles. The lowest BCUT2D eigenvalue weighted by molar-refractivity contribution is -0.149. The molecule has 0 bridgehead atoms. The van der Waals surface area contributed by atoms with Crippen LogP contribution in [0.25, 0.3) is 0 Å². The van der Waals surface area contributed by atoms with Crippen molar-refractivity contribution < 1.29 is 33.0 Å². The number of esters is 1. The summed E-state index contributed by atoms with van der Waals surface area (Å²) in [6.45, 7) is 3.11. The fourth-order valence-corrected chi connectivity index (χ4v) is 4.13. The number of likely N-dealkylation sites (tertiary alicyclic amines) is 1. The van der Waals surface area contributed by atoms with Gasteiger partial charge in [-0.15, -0.1) is 0 Å². The van der Waals surface area contributed by atoms with Crippen molar-refractivity contribution in [2.24, 2.45) is 11.8 Å². The van der Waals surface area contributed by atoms with E-state index in [4.69, 9.17) is 9.47 Å². The van der Waals surface area contributed by atoms with Gasteiger partial charge in [-0.25, -0.2) is 14.0 Å². The second-order valence-corrected chi connectivity index (χ2v) is 7.89. The molecule has 1 saturated heterocycles. The Morgan fingerprint density at radius 3 is 2.48 bits per heavy atom. The van der Waals surface area contributed by atoms with Crippen LogP contribution >= 0.6 is 0 Å². The number of aldehydes is 1. The van der Waals surface area contributed by atoms with Crippen LogP contribution in [-0.2, 0) is 25.7 Å². The van der Waals surface area contributed by atoms with Gasteiger partial charge in [0.1, 0.15) is 24.8 Å². The average molecular weight is 455 g/mol. The highest BCUT2D eigenvalue weighted by atomic mass is 19.1. The van der Waals surface area contributed by atoms with Gasteiger partial charge in [0.05, 0.1) is 6.61 Å². The van der Waals surface area contributed by atoms with Gasteiger partial charge in [0, 0.05) is 30.4 Å². The van der Waals surface area contributed by atoms with Gasteiger partial charge in [0.2, 0.25) is 0 Å². The maximum atomic E-state index is 13.7. The average Bonchev–Trinajstić information content (AvgIpc) is 3.19. The van der Waals surface area contributed by atoms with Crippen LogP contribution in [0.3, 0.4) is 0 Å². The Hall–Kier alpha value is -3.55. The third-order valence-corrected chi connectivity index (χ3v) is 5.77. The zero-order chi connectivity index (χ0) is 24.0. The van der Waals surface area contributed by atoms with Crippen molar-refractivity contribution in [2.45, 2.75) is 32.9 Å². The fourth-order valence-electron chi connectivity index (χ4n) is 4.13. The SMILES string of the molecule is CCOC(=O)[C@@H]1[C@@H](CC=O)[C@@H](C(=O)c2ccc(F)c(C)c2)CN1C(=O)OCc1ccccc1. The molecule has 3 atom stereocenters. The number of halogens is 1. The number of carbonyl (C=O) groups excluding carboxylic acids is 4. The summed E-state index contributed by atoms with van der Waals surface area (Å²) < 4.78 is 24.2.